The van der Waals surface area contributed by atoms with Gasteiger partial charge in [-0.3, -0.25) is 14.4 Å². The van der Waals surface area contributed by atoms with Crippen LogP contribution >= 0.6 is 0 Å². The number of nitriles is 1. The van der Waals surface area contributed by atoms with Gasteiger partial charge in [-0.1, -0.05) is 6.07 Å². The summed E-state index contributed by atoms with van der Waals surface area (Å²) >= 11 is 0. The Morgan fingerprint density at radius 3 is 2.25 bits per heavy atom. The summed E-state index contributed by atoms with van der Waals surface area (Å²) in [5, 5.41) is 24.0. The van der Waals surface area contributed by atoms with Crippen LogP contribution in [0.2, 0.25) is 0 Å². The first kappa shape index (κ1) is 35.6. The van der Waals surface area contributed by atoms with Crippen LogP contribution < -0.4 is 15.8 Å². The number of benzene rings is 2. The maximum atomic E-state index is 13.5. The number of aliphatic hydroxyl groups excluding tert-OH is 1. The molecule has 2 heterocycles. The summed E-state index contributed by atoms with van der Waals surface area (Å²) in [6.45, 7) is 9.53. The molecule has 0 spiro atoms. The number of nitrogens with one attached hydrogen (secondary N) is 1. The van der Waals surface area contributed by atoms with Gasteiger partial charge in [-0.25, -0.2) is 14.5 Å². The zero-order valence-corrected chi connectivity index (χ0v) is 27.9. The van der Waals surface area contributed by atoms with E-state index in [4.69, 9.17) is 14.2 Å². The standard InChI is InChI=1S/C34H39N5O9/c1-33(2,3)47-31(44)39(32(45)48-34(4,5)6)19-22-16-23(11-8-21(22)18-35)36-29(42)27(41)28-30(43)38(14-15-46-28)24-12-9-20-10-13-26(40)37(7)25(20)17-24/h8-13,16-17,27-28,41H,14-15,19H2,1-7H3,(H,36,42)/t27-,28-/m1/s1. The van der Waals surface area contributed by atoms with E-state index in [1.807, 2.05) is 6.07 Å². The van der Waals surface area contributed by atoms with Crippen molar-refractivity contribution in [2.75, 3.05) is 23.4 Å². The molecule has 3 aromatic rings. The van der Waals surface area contributed by atoms with Gasteiger partial charge in [-0.2, -0.15) is 5.26 Å². The summed E-state index contributed by atoms with van der Waals surface area (Å²) in [6.07, 6.45) is -5.47. The molecule has 0 unspecified atom stereocenters. The molecule has 14 heteroatoms. The van der Waals surface area contributed by atoms with Crippen LogP contribution in [0.5, 0.6) is 0 Å². The lowest BCUT2D eigenvalue weighted by molar-refractivity contribution is -0.150. The van der Waals surface area contributed by atoms with Gasteiger partial charge in [0, 0.05) is 31.0 Å². The number of aromatic nitrogens is 1. The van der Waals surface area contributed by atoms with Crippen molar-refractivity contribution in [2.24, 2.45) is 7.05 Å². The first-order valence-corrected chi connectivity index (χ1v) is 15.2. The van der Waals surface area contributed by atoms with Gasteiger partial charge in [-0.05, 0) is 88.9 Å². The number of hydrogen-bond donors (Lipinski definition) is 2. The van der Waals surface area contributed by atoms with E-state index in [0.29, 0.717) is 16.1 Å². The summed E-state index contributed by atoms with van der Waals surface area (Å²) < 4.78 is 17.8. The SMILES string of the molecule is Cn1c(=O)ccc2ccc(N3CCO[C@H]([C@@H](O)C(=O)Nc4ccc(C#N)c(CN(C(=O)OC(C)(C)C)C(=O)OC(C)(C)C)c4)C3=O)cc21. The highest BCUT2D eigenvalue weighted by molar-refractivity contribution is 6.04. The Bertz CT molecular complexity index is 1820. The molecule has 0 radical (unpaired) electrons. The molecule has 2 aromatic carbocycles. The van der Waals surface area contributed by atoms with Crippen molar-refractivity contribution in [3.63, 3.8) is 0 Å². The fraction of sp³-hybridized carbons (Fsp3) is 0.412. The summed E-state index contributed by atoms with van der Waals surface area (Å²) in [6, 6.07) is 14.4. The van der Waals surface area contributed by atoms with Crippen LogP contribution in [0.3, 0.4) is 0 Å². The largest absolute Gasteiger partial charge is 0.443 e. The minimum Gasteiger partial charge on any atom is -0.443 e. The van der Waals surface area contributed by atoms with Gasteiger partial charge in [0.1, 0.15) is 11.2 Å². The second kappa shape index (κ2) is 13.8. The Labute approximate surface area is 277 Å². The van der Waals surface area contributed by atoms with Crippen molar-refractivity contribution in [1.29, 1.82) is 5.26 Å². The molecule has 2 N–H and O–H groups in total. The van der Waals surface area contributed by atoms with E-state index in [-0.39, 0.29) is 35.5 Å². The number of anilines is 2. The number of nitrogens with zero attached hydrogens (tertiary/aromatic N) is 4. The molecule has 0 aliphatic carbocycles. The molecule has 2 atom stereocenters. The van der Waals surface area contributed by atoms with Gasteiger partial charge in [0.25, 0.3) is 17.4 Å². The number of hydrogen-bond acceptors (Lipinski definition) is 10. The van der Waals surface area contributed by atoms with Gasteiger partial charge in [0.2, 0.25) is 0 Å². The Kier molecular flexibility index (Phi) is 10.3. The summed E-state index contributed by atoms with van der Waals surface area (Å²) in [7, 11) is 1.62. The molecule has 4 amide bonds. The number of aryl methyl sites for hydroxylation is 1. The van der Waals surface area contributed by atoms with E-state index >= 15 is 0 Å². The third kappa shape index (κ3) is 8.36. The van der Waals surface area contributed by atoms with Gasteiger partial charge in [-0.15, -0.1) is 0 Å². The van der Waals surface area contributed by atoms with Gasteiger partial charge in [0.15, 0.2) is 12.2 Å². The van der Waals surface area contributed by atoms with Crippen molar-refractivity contribution in [2.45, 2.75) is 71.5 Å². The van der Waals surface area contributed by atoms with Gasteiger partial charge in [0.05, 0.1) is 30.3 Å². The van der Waals surface area contributed by atoms with Crippen LogP contribution in [0.1, 0.15) is 52.7 Å². The molecular weight excluding hydrogens is 622 g/mol. The maximum absolute atomic E-state index is 13.5. The predicted molar refractivity (Wildman–Crippen MR) is 175 cm³/mol. The minimum atomic E-state index is -1.93. The molecule has 254 valence electrons. The number of amides is 4. The van der Waals surface area contributed by atoms with Crippen LogP contribution in [0.4, 0.5) is 21.0 Å². The zero-order chi connectivity index (χ0) is 35.6. The fourth-order valence-corrected chi connectivity index (χ4v) is 4.88. The van der Waals surface area contributed by atoms with E-state index in [9.17, 15) is 34.3 Å². The molecule has 4 rings (SSSR count). The molecular formula is C34H39N5O9. The zero-order valence-electron chi connectivity index (χ0n) is 27.9. The summed E-state index contributed by atoms with van der Waals surface area (Å²) in [4.78, 5) is 66.9. The van der Waals surface area contributed by atoms with Crippen molar-refractivity contribution >= 4 is 46.3 Å². The molecule has 1 aliphatic rings. The number of imide groups is 1. The summed E-state index contributed by atoms with van der Waals surface area (Å²) in [5.74, 6) is -1.63. The second-order valence-corrected chi connectivity index (χ2v) is 13.2. The average Bonchev–Trinajstić information content (AvgIpc) is 2.99. The van der Waals surface area contributed by atoms with E-state index < -0.39 is 54.0 Å². The number of fused-ring (bicyclic) bond motifs is 1. The maximum Gasteiger partial charge on any atom is 0.420 e. The third-order valence-corrected chi connectivity index (χ3v) is 7.15. The second-order valence-electron chi connectivity index (χ2n) is 13.2. The Hall–Kier alpha value is -5.26. The first-order chi connectivity index (χ1) is 22.4. The van der Waals surface area contributed by atoms with E-state index in [1.165, 1.54) is 33.7 Å². The third-order valence-electron chi connectivity index (χ3n) is 7.15. The van der Waals surface area contributed by atoms with E-state index in [0.717, 1.165) is 5.39 Å². The normalized spacial score (nSPS) is 15.8. The molecule has 1 fully saturated rings. The molecule has 0 saturated carbocycles. The number of ether oxygens (including phenoxy) is 3. The minimum absolute atomic E-state index is 0.0265. The Morgan fingerprint density at radius 2 is 1.65 bits per heavy atom. The number of aliphatic hydroxyl groups is 1. The first-order valence-electron chi connectivity index (χ1n) is 15.2. The average molecular weight is 662 g/mol. The number of morpholine rings is 1. The number of carbonyl (C=O) groups is 4. The van der Waals surface area contributed by atoms with Crippen molar-refractivity contribution in [3.05, 3.63) is 70.0 Å². The fourth-order valence-electron chi connectivity index (χ4n) is 4.88. The van der Waals surface area contributed by atoms with Crippen LogP contribution in [-0.2, 0) is 37.4 Å². The number of carbonyl (C=O) groups excluding carboxylic acids is 4. The van der Waals surface area contributed by atoms with Crippen LogP contribution in [0.25, 0.3) is 10.9 Å². The van der Waals surface area contributed by atoms with Crippen LogP contribution in [0, 0.1) is 11.3 Å². The van der Waals surface area contributed by atoms with Crippen molar-refractivity contribution < 1.29 is 38.5 Å². The van der Waals surface area contributed by atoms with Crippen LogP contribution in [0.15, 0.2) is 53.3 Å². The quantitative estimate of drug-likeness (QED) is 0.394. The predicted octanol–water partition coefficient (Wildman–Crippen LogP) is 3.81. The molecule has 1 aliphatic heterocycles. The lowest BCUT2D eigenvalue weighted by Crippen LogP contribution is -2.55. The summed E-state index contributed by atoms with van der Waals surface area (Å²) in [5.41, 5.74) is -0.662. The molecule has 14 nitrogen and oxygen atoms in total. The van der Waals surface area contributed by atoms with Crippen molar-refractivity contribution in [3.8, 4) is 6.07 Å². The van der Waals surface area contributed by atoms with Crippen LogP contribution in [-0.4, -0.2) is 75.1 Å². The molecule has 1 aromatic heterocycles. The van der Waals surface area contributed by atoms with Crippen molar-refractivity contribution in [1.82, 2.24) is 9.47 Å². The number of rotatable bonds is 6. The highest BCUT2D eigenvalue weighted by atomic mass is 16.6. The highest BCUT2D eigenvalue weighted by Gasteiger charge is 2.40. The monoisotopic (exact) mass is 661 g/mol. The van der Waals surface area contributed by atoms with Gasteiger partial charge < -0.3 is 34.1 Å². The Balaban J connectivity index is 1.54. The number of pyridine rings is 1. The molecule has 1 saturated heterocycles. The topological polar surface area (TPSA) is 180 Å². The smallest absolute Gasteiger partial charge is 0.420 e. The van der Waals surface area contributed by atoms with Gasteiger partial charge >= 0.3 is 12.2 Å². The lowest BCUT2D eigenvalue weighted by Gasteiger charge is -2.34. The Morgan fingerprint density at radius 1 is 1.02 bits per heavy atom. The molecule has 48 heavy (non-hydrogen) atoms. The molecule has 0 bridgehead atoms. The highest BCUT2D eigenvalue weighted by Crippen LogP contribution is 2.26. The van der Waals surface area contributed by atoms with E-state index in [2.05, 4.69) is 5.32 Å². The van der Waals surface area contributed by atoms with E-state index in [1.54, 1.807) is 72.9 Å². The lowest BCUT2D eigenvalue weighted by atomic mass is 10.1.